The van der Waals surface area contributed by atoms with Gasteiger partial charge in [0.05, 0.1) is 6.54 Å². The number of nitrogens with one attached hydrogen (secondary N) is 1. The number of carbonyl (C=O) groups is 2. The molecule has 0 spiro atoms. The molecule has 0 aromatic carbocycles. The minimum atomic E-state index is -0.809. The van der Waals surface area contributed by atoms with E-state index in [1.807, 2.05) is 18.7 Å². The van der Waals surface area contributed by atoms with Gasteiger partial charge in [0.2, 0.25) is 5.91 Å². The molecule has 1 rings (SSSR count). The summed E-state index contributed by atoms with van der Waals surface area (Å²) in [6.45, 7) is 5.22. The Morgan fingerprint density at radius 2 is 2.19 bits per heavy atom. The average Bonchev–Trinajstić information content (AvgIpc) is 2.16. The summed E-state index contributed by atoms with van der Waals surface area (Å²) in [7, 11) is 0. The predicted molar refractivity (Wildman–Crippen MR) is 60.1 cm³/mol. The lowest BCUT2D eigenvalue weighted by Gasteiger charge is -2.32. The summed E-state index contributed by atoms with van der Waals surface area (Å²) < 4.78 is 0. The number of piperidine rings is 1. The fourth-order valence-corrected chi connectivity index (χ4v) is 1.88. The van der Waals surface area contributed by atoms with Crippen LogP contribution in [0.2, 0.25) is 0 Å². The van der Waals surface area contributed by atoms with Crippen molar-refractivity contribution in [2.24, 2.45) is 5.92 Å². The first kappa shape index (κ1) is 13.0. The molecule has 0 aromatic rings. The molecule has 1 saturated heterocycles. The number of aliphatic carboxylic acids is 1. The van der Waals surface area contributed by atoms with E-state index >= 15 is 0 Å². The summed E-state index contributed by atoms with van der Waals surface area (Å²) in [5, 5.41) is 11.6. The lowest BCUT2D eigenvalue weighted by Crippen LogP contribution is -2.49. The molecule has 0 aromatic heterocycles. The fourth-order valence-electron chi connectivity index (χ4n) is 1.88. The van der Waals surface area contributed by atoms with Gasteiger partial charge in [0, 0.05) is 18.5 Å². The summed E-state index contributed by atoms with van der Waals surface area (Å²) in [4.78, 5) is 23.9. The number of hydrogen-bond donors (Lipinski definition) is 2. The second-order valence-electron chi connectivity index (χ2n) is 4.63. The molecule has 92 valence electrons. The number of nitrogens with zero attached hydrogens (tertiary/aromatic N) is 1. The van der Waals surface area contributed by atoms with E-state index in [9.17, 15) is 9.59 Å². The average molecular weight is 228 g/mol. The van der Waals surface area contributed by atoms with Gasteiger partial charge in [-0.1, -0.05) is 13.8 Å². The van der Waals surface area contributed by atoms with Crippen LogP contribution in [0.4, 0.5) is 0 Å². The molecule has 1 aliphatic rings. The summed E-state index contributed by atoms with van der Waals surface area (Å²) in [6.07, 6.45) is 1.88. The molecule has 0 radical (unpaired) electrons. The van der Waals surface area contributed by atoms with Gasteiger partial charge in [-0.25, -0.2) is 0 Å². The van der Waals surface area contributed by atoms with Gasteiger partial charge in [-0.3, -0.25) is 14.5 Å². The van der Waals surface area contributed by atoms with Gasteiger partial charge in [-0.15, -0.1) is 0 Å². The highest BCUT2D eigenvalue weighted by Gasteiger charge is 2.23. The van der Waals surface area contributed by atoms with Crippen LogP contribution in [-0.4, -0.2) is 47.6 Å². The normalized spacial score (nSPS) is 22.1. The molecule has 0 unspecified atom stereocenters. The molecule has 0 aliphatic carbocycles. The Morgan fingerprint density at radius 3 is 2.75 bits per heavy atom. The molecule has 0 saturated carbocycles. The number of carbonyl (C=O) groups excluding carboxylic acids is 1. The Bertz CT molecular complexity index is 266. The number of hydrogen-bond acceptors (Lipinski definition) is 3. The van der Waals surface area contributed by atoms with Gasteiger partial charge in [-0.05, 0) is 19.4 Å². The van der Waals surface area contributed by atoms with Crippen LogP contribution < -0.4 is 5.32 Å². The number of amides is 1. The zero-order chi connectivity index (χ0) is 12.1. The third kappa shape index (κ3) is 4.18. The highest BCUT2D eigenvalue weighted by Crippen LogP contribution is 2.10. The van der Waals surface area contributed by atoms with Crippen LogP contribution in [-0.2, 0) is 9.59 Å². The summed E-state index contributed by atoms with van der Waals surface area (Å²) >= 11 is 0. The maximum atomic E-state index is 11.5. The summed E-state index contributed by atoms with van der Waals surface area (Å²) in [5.74, 6) is -0.784. The van der Waals surface area contributed by atoms with Crippen molar-refractivity contribution >= 4 is 11.9 Å². The van der Waals surface area contributed by atoms with E-state index in [2.05, 4.69) is 5.32 Å². The van der Waals surface area contributed by atoms with Crippen LogP contribution in [0.5, 0.6) is 0 Å². The molecular formula is C11H20N2O3. The molecule has 5 heteroatoms. The van der Waals surface area contributed by atoms with Gasteiger partial charge < -0.3 is 10.4 Å². The van der Waals surface area contributed by atoms with E-state index in [1.54, 1.807) is 0 Å². The van der Waals surface area contributed by atoms with E-state index in [0.717, 1.165) is 19.4 Å². The molecule has 1 heterocycles. The largest absolute Gasteiger partial charge is 0.480 e. The Labute approximate surface area is 95.8 Å². The van der Waals surface area contributed by atoms with Crippen LogP contribution in [0.3, 0.4) is 0 Å². The van der Waals surface area contributed by atoms with E-state index < -0.39 is 5.97 Å². The topological polar surface area (TPSA) is 69.6 Å². The first-order chi connectivity index (χ1) is 7.49. The molecule has 2 N–H and O–H groups in total. The highest BCUT2D eigenvalue weighted by atomic mass is 16.4. The van der Waals surface area contributed by atoms with Crippen molar-refractivity contribution in [2.75, 3.05) is 19.6 Å². The van der Waals surface area contributed by atoms with Crippen LogP contribution in [0.1, 0.15) is 26.7 Å². The van der Waals surface area contributed by atoms with Crippen LogP contribution >= 0.6 is 0 Å². The third-order valence-electron chi connectivity index (χ3n) is 2.74. The van der Waals surface area contributed by atoms with Crippen LogP contribution in [0.25, 0.3) is 0 Å². The van der Waals surface area contributed by atoms with E-state index in [4.69, 9.17) is 5.11 Å². The van der Waals surface area contributed by atoms with E-state index in [-0.39, 0.29) is 24.4 Å². The SMILES string of the molecule is CC(C)C(=O)N[C@@H]1CCCN(CC(=O)O)C1. The van der Waals surface area contributed by atoms with Crippen molar-refractivity contribution < 1.29 is 14.7 Å². The van der Waals surface area contributed by atoms with Gasteiger partial charge in [0.15, 0.2) is 0 Å². The number of likely N-dealkylation sites (tertiary alicyclic amines) is 1. The number of carboxylic acids is 1. The Kier molecular flexibility index (Phi) is 4.73. The minimum Gasteiger partial charge on any atom is -0.480 e. The number of carboxylic acid groups (broad SMARTS) is 1. The zero-order valence-electron chi connectivity index (χ0n) is 9.90. The monoisotopic (exact) mass is 228 g/mol. The first-order valence-electron chi connectivity index (χ1n) is 5.73. The van der Waals surface area contributed by atoms with Gasteiger partial charge in [0.1, 0.15) is 0 Å². The van der Waals surface area contributed by atoms with Crippen molar-refractivity contribution in [1.29, 1.82) is 0 Å². The fraction of sp³-hybridized carbons (Fsp3) is 0.818. The Hall–Kier alpha value is -1.10. The lowest BCUT2D eigenvalue weighted by molar-refractivity contribution is -0.138. The second kappa shape index (κ2) is 5.84. The van der Waals surface area contributed by atoms with Crippen molar-refractivity contribution in [3.8, 4) is 0 Å². The lowest BCUT2D eigenvalue weighted by atomic mass is 10.0. The Morgan fingerprint density at radius 1 is 1.50 bits per heavy atom. The van der Waals surface area contributed by atoms with Crippen molar-refractivity contribution in [3.05, 3.63) is 0 Å². The van der Waals surface area contributed by atoms with E-state index in [0.29, 0.717) is 6.54 Å². The van der Waals surface area contributed by atoms with Gasteiger partial charge in [-0.2, -0.15) is 0 Å². The van der Waals surface area contributed by atoms with Crippen molar-refractivity contribution in [2.45, 2.75) is 32.7 Å². The number of rotatable bonds is 4. The smallest absolute Gasteiger partial charge is 0.317 e. The zero-order valence-corrected chi connectivity index (χ0v) is 9.90. The summed E-state index contributed by atoms with van der Waals surface area (Å²) in [6, 6.07) is 0.100. The van der Waals surface area contributed by atoms with Gasteiger partial charge >= 0.3 is 5.97 Å². The van der Waals surface area contributed by atoms with Crippen molar-refractivity contribution in [3.63, 3.8) is 0 Å². The molecule has 16 heavy (non-hydrogen) atoms. The first-order valence-corrected chi connectivity index (χ1v) is 5.73. The molecule has 1 aliphatic heterocycles. The molecule has 1 amide bonds. The molecule has 5 nitrogen and oxygen atoms in total. The van der Waals surface area contributed by atoms with Gasteiger partial charge in [0.25, 0.3) is 0 Å². The molecule has 1 fully saturated rings. The second-order valence-corrected chi connectivity index (χ2v) is 4.63. The predicted octanol–water partition coefficient (Wildman–Crippen LogP) is 0.308. The van der Waals surface area contributed by atoms with E-state index in [1.165, 1.54) is 0 Å². The van der Waals surface area contributed by atoms with Crippen LogP contribution in [0.15, 0.2) is 0 Å². The molecular weight excluding hydrogens is 208 g/mol. The Balaban J connectivity index is 2.38. The van der Waals surface area contributed by atoms with Crippen molar-refractivity contribution in [1.82, 2.24) is 10.2 Å². The quantitative estimate of drug-likeness (QED) is 0.726. The maximum absolute atomic E-state index is 11.5. The molecule has 1 atom stereocenters. The highest BCUT2D eigenvalue weighted by molar-refractivity contribution is 5.78. The molecule has 0 bridgehead atoms. The van der Waals surface area contributed by atoms with Crippen LogP contribution in [0, 0.1) is 5.92 Å². The summed E-state index contributed by atoms with van der Waals surface area (Å²) in [5.41, 5.74) is 0. The minimum absolute atomic E-state index is 0.0187. The standard InChI is InChI=1S/C11H20N2O3/c1-8(2)11(16)12-9-4-3-5-13(6-9)7-10(14)15/h8-9H,3-7H2,1-2H3,(H,12,16)(H,14,15)/t9-/m1/s1. The maximum Gasteiger partial charge on any atom is 0.317 e. The third-order valence-corrected chi connectivity index (χ3v) is 2.74.